The molecule has 1 atom stereocenters. The average molecular weight is 954 g/mol. The molecule has 19 heteroatoms. The number of anilines is 2. The van der Waals surface area contributed by atoms with E-state index < -0.39 is 37.5 Å². The number of benzene rings is 3. The second-order valence-electron chi connectivity index (χ2n) is 18.4. The molecule has 2 amide bonds. The van der Waals surface area contributed by atoms with Gasteiger partial charge < -0.3 is 34.3 Å². The first kappa shape index (κ1) is 45.8. The third-order valence-electron chi connectivity index (χ3n) is 13.4. The van der Waals surface area contributed by atoms with Crippen molar-refractivity contribution in [2.45, 2.75) is 56.9 Å². The molecule has 2 aromatic heterocycles. The lowest BCUT2D eigenvalue weighted by molar-refractivity contribution is -0.384. The number of nitro benzene ring substituents is 1. The number of hydrogen-bond acceptors (Lipinski definition) is 13. The molecule has 17 nitrogen and oxygen atoms in total. The molecule has 3 aliphatic heterocycles. The maximum Gasteiger partial charge on any atom is 0.409 e. The maximum absolute atomic E-state index is 14.1. The number of piperidine rings is 1. The molecule has 2 saturated heterocycles. The fraction of sp³-hybridized carbons (Fsp3) is 0.396. The van der Waals surface area contributed by atoms with Crippen molar-refractivity contribution >= 4 is 67.3 Å². The molecular weight excluding hydrogens is 900 g/mol. The number of likely N-dealkylation sites (tertiary alicyclic amines) is 1. The van der Waals surface area contributed by atoms with Gasteiger partial charge in [-0.1, -0.05) is 43.2 Å². The highest BCUT2D eigenvalue weighted by atomic mass is 35.5. The molecule has 0 bridgehead atoms. The van der Waals surface area contributed by atoms with Gasteiger partial charge in [-0.15, -0.1) is 0 Å². The van der Waals surface area contributed by atoms with Gasteiger partial charge in [0.2, 0.25) is 0 Å². The lowest BCUT2D eigenvalue weighted by Gasteiger charge is -2.39. The zero-order valence-corrected chi connectivity index (χ0v) is 39.1. The predicted octanol–water partition coefficient (Wildman–Crippen LogP) is 8.47. The van der Waals surface area contributed by atoms with Crippen molar-refractivity contribution < 1.29 is 37.1 Å². The molecule has 352 valence electrons. The van der Waals surface area contributed by atoms with Crippen LogP contribution in [0.2, 0.25) is 5.02 Å². The fourth-order valence-electron chi connectivity index (χ4n) is 9.62. The molecule has 0 saturated carbocycles. The molecule has 5 aromatic rings. The summed E-state index contributed by atoms with van der Waals surface area (Å²) in [7, 11) is -3.37. The molecule has 5 heterocycles. The summed E-state index contributed by atoms with van der Waals surface area (Å²) in [5.41, 5.74) is 5.16. The van der Waals surface area contributed by atoms with Gasteiger partial charge in [-0.3, -0.25) is 19.8 Å². The van der Waals surface area contributed by atoms with Crippen LogP contribution < -0.4 is 24.4 Å². The van der Waals surface area contributed by atoms with Gasteiger partial charge in [0.15, 0.2) is 11.4 Å². The number of carbonyl (C=O) groups is 2. The zero-order chi connectivity index (χ0) is 47.0. The summed E-state index contributed by atoms with van der Waals surface area (Å²) in [5, 5.41) is 17.1. The summed E-state index contributed by atoms with van der Waals surface area (Å²) in [5.74, 6) is -0.586. The normalized spacial score (nSPS) is 19.0. The van der Waals surface area contributed by atoms with Gasteiger partial charge in [0.1, 0.15) is 23.8 Å². The number of nitro groups is 1. The third-order valence-corrected chi connectivity index (χ3v) is 15.0. The van der Waals surface area contributed by atoms with E-state index in [9.17, 15) is 28.1 Å². The van der Waals surface area contributed by atoms with Gasteiger partial charge in [0, 0.05) is 86.3 Å². The molecule has 4 aliphatic rings. The SMILES string of the molecule is COC(=O)N1CCC([C@H]2COc3cc(S(=O)(=O)NC(=O)c4ccc(N5CCN(CC6=C(c7ccc(Cl)cc7)CC(C)(C)CC6)CC5)cc4Oc4cnc5[nH]ccc5c4)cc([N+](=O)[O-])c3N2)CC1. The smallest absolute Gasteiger partial charge is 0.409 e. The highest BCUT2D eigenvalue weighted by Gasteiger charge is 2.37. The number of nitrogens with one attached hydrogen (secondary N) is 3. The van der Waals surface area contributed by atoms with Crippen molar-refractivity contribution in [1.29, 1.82) is 0 Å². The van der Waals surface area contributed by atoms with Gasteiger partial charge in [0.05, 0.1) is 34.7 Å². The number of ether oxygens (including phenoxy) is 3. The predicted molar refractivity (Wildman–Crippen MR) is 255 cm³/mol. The topological polar surface area (TPSA) is 202 Å². The average Bonchev–Trinajstić information content (AvgIpc) is 3.80. The molecule has 3 aromatic carbocycles. The Labute approximate surface area is 393 Å². The number of hydrogen-bond donors (Lipinski definition) is 3. The minimum Gasteiger partial charge on any atom is -0.489 e. The number of allylic oxidation sites excluding steroid dienone is 1. The van der Waals surface area contributed by atoms with Crippen LogP contribution in [0, 0.1) is 21.4 Å². The van der Waals surface area contributed by atoms with E-state index in [1.807, 2.05) is 18.2 Å². The Morgan fingerprint density at radius 2 is 1.78 bits per heavy atom. The summed E-state index contributed by atoms with van der Waals surface area (Å²) in [4.78, 5) is 51.1. The Morgan fingerprint density at radius 1 is 1.01 bits per heavy atom. The van der Waals surface area contributed by atoms with Gasteiger partial charge >= 0.3 is 6.09 Å². The maximum atomic E-state index is 14.1. The van der Waals surface area contributed by atoms with Crippen molar-refractivity contribution in [3.8, 4) is 17.2 Å². The van der Waals surface area contributed by atoms with E-state index in [2.05, 4.69) is 55.8 Å². The molecule has 1 aliphatic carbocycles. The Kier molecular flexibility index (Phi) is 12.8. The number of piperazine rings is 1. The van der Waals surface area contributed by atoms with Gasteiger partial charge in [-0.2, -0.15) is 0 Å². The van der Waals surface area contributed by atoms with Crippen molar-refractivity contribution in [1.82, 2.24) is 24.5 Å². The Balaban J connectivity index is 0.929. The minimum absolute atomic E-state index is 0.0245. The number of nitrogens with zero attached hydrogens (tertiary/aromatic N) is 5. The van der Waals surface area contributed by atoms with Crippen LogP contribution in [0.25, 0.3) is 16.6 Å². The Hall–Kier alpha value is -6.37. The van der Waals surface area contributed by atoms with Gasteiger partial charge in [-0.05, 0) is 91.0 Å². The first-order chi connectivity index (χ1) is 32.1. The Bertz CT molecular complexity index is 2850. The summed E-state index contributed by atoms with van der Waals surface area (Å²) in [6.07, 6.45) is 7.23. The number of aromatic nitrogens is 2. The highest BCUT2D eigenvalue weighted by molar-refractivity contribution is 7.90. The van der Waals surface area contributed by atoms with Crippen LogP contribution >= 0.6 is 11.6 Å². The number of aromatic amines is 1. The summed E-state index contributed by atoms with van der Waals surface area (Å²) >= 11 is 6.25. The second-order valence-corrected chi connectivity index (χ2v) is 20.5. The van der Waals surface area contributed by atoms with Crippen LogP contribution in [-0.4, -0.2) is 111 Å². The van der Waals surface area contributed by atoms with Gasteiger partial charge in [0.25, 0.3) is 21.6 Å². The molecule has 0 radical (unpaired) electrons. The number of pyridine rings is 1. The number of sulfonamides is 1. The van der Waals surface area contributed by atoms with E-state index in [1.165, 1.54) is 42.1 Å². The second kappa shape index (κ2) is 18.7. The largest absolute Gasteiger partial charge is 0.489 e. The van der Waals surface area contributed by atoms with Crippen molar-refractivity contribution in [3.05, 3.63) is 111 Å². The summed E-state index contributed by atoms with van der Waals surface area (Å²) in [6.45, 7) is 9.55. The lowest BCUT2D eigenvalue weighted by atomic mass is 9.72. The minimum atomic E-state index is -4.70. The summed E-state index contributed by atoms with van der Waals surface area (Å²) < 4.78 is 47.2. The molecule has 67 heavy (non-hydrogen) atoms. The zero-order valence-electron chi connectivity index (χ0n) is 37.5. The Morgan fingerprint density at radius 3 is 2.51 bits per heavy atom. The first-order valence-electron chi connectivity index (χ1n) is 22.4. The molecule has 3 N–H and O–H groups in total. The van der Waals surface area contributed by atoms with Crippen LogP contribution in [0.5, 0.6) is 17.2 Å². The lowest BCUT2D eigenvalue weighted by Crippen LogP contribution is -2.47. The van der Waals surface area contributed by atoms with E-state index >= 15 is 0 Å². The fourth-order valence-corrected chi connectivity index (χ4v) is 10.8. The van der Waals surface area contributed by atoms with Crippen molar-refractivity contribution in [2.24, 2.45) is 11.3 Å². The number of rotatable bonds is 11. The van der Waals surface area contributed by atoms with Crippen LogP contribution in [0.15, 0.2) is 89.6 Å². The number of carbonyl (C=O) groups excluding carboxylic acids is 2. The third kappa shape index (κ3) is 10.0. The number of H-pyrrole nitrogens is 1. The summed E-state index contributed by atoms with van der Waals surface area (Å²) in [6, 6.07) is 18.5. The van der Waals surface area contributed by atoms with E-state index in [4.69, 9.17) is 25.8 Å². The van der Waals surface area contributed by atoms with Crippen LogP contribution in [0.1, 0.15) is 61.9 Å². The molecular formula is C48H53ClN8O9S. The van der Waals surface area contributed by atoms with Crippen molar-refractivity contribution in [2.75, 3.05) is 69.7 Å². The number of halogens is 1. The monoisotopic (exact) mass is 952 g/mol. The van der Waals surface area contributed by atoms with Gasteiger partial charge in [-0.25, -0.2) is 22.9 Å². The molecule has 0 unspecified atom stereocenters. The van der Waals surface area contributed by atoms with Crippen LogP contribution in [0.4, 0.5) is 21.9 Å². The molecule has 2 fully saturated rings. The van der Waals surface area contributed by atoms with E-state index in [-0.39, 0.29) is 46.7 Å². The molecule has 0 spiro atoms. The highest BCUT2D eigenvalue weighted by Crippen LogP contribution is 2.44. The number of amides is 2. The van der Waals surface area contributed by atoms with E-state index in [0.717, 1.165) is 61.1 Å². The quantitative estimate of drug-likeness (QED) is 0.0842. The van der Waals surface area contributed by atoms with Crippen molar-refractivity contribution in [3.63, 3.8) is 0 Å². The van der Waals surface area contributed by atoms with E-state index in [1.54, 1.807) is 29.3 Å². The van der Waals surface area contributed by atoms with E-state index in [0.29, 0.717) is 50.4 Å². The van der Waals surface area contributed by atoms with Crippen LogP contribution in [-0.2, 0) is 14.8 Å². The standard InChI is InChI=1S/C48H53ClN8O9S/c1-48(2)14-10-33(39(26-48)30-4-6-34(49)7-5-30)28-54-18-20-55(21-19-54)35-8-9-38(42(23-35)66-36-22-32-11-15-50-45(32)51-27-36)46(58)53-67(62,63)37-24-41(57(60)61)44-43(25-37)65-29-40(52-44)31-12-16-56(17-13-31)47(59)64-3/h4-9,11,15,22-25,27,31,40,52H,10,12-14,16-21,26,28-29H2,1-3H3,(H,50,51)(H,53,58)/t40-/m1/s1. The molecule has 9 rings (SSSR count). The number of fused-ring (bicyclic) bond motifs is 2. The van der Waals surface area contributed by atoms with Crippen LogP contribution in [0.3, 0.4) is 0 Å². The first-order valence-corrected chi connectivity index (χ1v) is 24.3. The number of methoxy groups -OCH3 is 1.